The number of piperidine rings is 1. The molecule has 3 amide bonds. The lowest BCUT2D eigenvalue weighted by Crippen LogP contribution is -2.65. The molecule has 1 aliphatic heterocycles. The molecular formula is C26H35N3O4. The Kier molecular flexibility index (Phi) is 5.22. The van der Waals surface area contributed by atoms with E-state index in [0.717, 1.165) is 19.3 Å². The Morgan fingerprint density at radius 2 is 1.67 bits per heavy atom. The van der Waals surface area contributed by atoms with Crippen LogP contribution < -0.4 is 10.6 Å². The molecule has 5 fully saturated rings. The van der Waals surface area contributed by atoms with Crippen molar-refractivity contribution in [3.05, 3.63) is 29.8 Å². The average Bonchev–Trinajstić information content (AvgIpc) is 2.70. The van der Waals surface area contributed by atoms with Crippen LogP contribution >= 0.6 is 0 Å². The third-order valence-electron chi connectivity index (χ3n) is 8.45. The lowest BCUT2D eigenvalue weighted by molar-refractivity contribution is -0.143. The molecule has 3 N–H and O–H groups in total. The zero-order valence-corrected chi connectivity index (χ0v) is 19.7. The molecule has 4 bridgehead atoms. The molecule has 0 aromatic heterocycles. The lowest BCUT2D eigenvalue weighted by Gasteiger charge is -2.65. The quantitative estimate of drug-likeness (QED) is 0.625. The summed E-state index contributed by atoms with van der Waals surface area (Å²) in [6.07, 6.45) is 8.33. The van der Waals surface area contributed by atoms with E-state index in [2.05, 4.69) is 24.5 Å². The summed E-state index contributed by atoms with van der Waals surface area (Å²) in [7, 11) is 0. The fourth-order valence-electron chi connectivity index (χ4n) is 8.23. The molecule has 1 aromatic rings. The number of benzene rings is 1. The number of urea groups is 1. The van der Waals surface area contributed by atoms with Gasteiger partial charge in [0.05, 0.1) is 5.92 Å². The highest BCUT2D eigenvalue weighted by Gasteiger charge is 2.60. The minimum atomic E-state index is -0.847. The first-order valence-electron chi connectivity index (χ1n) is 12.3. The molecule has 0 spiro atoms. The van der Waals surface area contributed by atoms with Crippen LogP contribution in [-0.2, 0) is 4.79 Å². The Morgan fingerprint density at radius 1 is 1.00 bits per heavy atom. The van der Waals surface area contributed by atoms with Gasteiger partial charge in [-0.3, -0.25) is 9.59 Å². The molecule has 4 aliphatic carbocycles. The first-order chi connectivity index (χ1) is 15.6. The first kappa shape index (κ1) is 22.2. The van der Waals surface area contributed by atoms with E-state index in [1.165, 1.54) is 19.3 Å². The van der Waals surface area contributed by atoms with E-state index in [0.29, 0.717) is 47.4 Å². The van der Waals surface area contributed by atoms with E-state index in [9.17, 15) is 19.5 Å². The number of likely N-dealkylation sites (tertiary alicyclic amines) is 1. The number of hydrogen-bond acceptors (Lipinski definition) is 3. The maximum absolute atomic E-state index is 12.9. The summed E-state index contributed by atoms with van der Waals surface area (Å²) in [5.41, 5.74) is 1.70. The van der Waals surface area contributed by atoms with E-state index in [-0.39, 0.29) is 24.0 Å². The summed E-state index contributed by atoms with van der Waals surface area (Å²) in [4.78, 5) is 38.6. The van der Waals surface area contributed by atoms with Crippen LogP contribution in [0.5, 0.6) is 0 Å². The minimum Gasteiger partial charge on any atom is -0.481 e. The second kappa shape index (κ2) is 7.74. The Balaban J connectivity index is 1.21. The molecule has 0 radical (unpaired) electrons. The van der Waals surface area contributed by atoms with E-state index in [1.807, 2.05) is 0 Å². The Bertz CT molecular complexity index is 956. The molecule has 4 saturated carbocycles. The monoisotopic (exact) mass is 453 g/mol. The molecule has 1 saturated heterocycles. The van der Waals surface area contributed by atoms with Crippen LogP contribution in [0.25, 0.3) is 0 Å². The number of anilines is 1. The molecule has 6 rings (SSSR count). The summed E-state index contributed by atoms with van der Waals surface area (Å²) in [5, 5.41) is 15.6. The molecule has 1 heterocycles. The van der Waals surface area contributed by atoms with Gasteiger partial charge in [0.15, 0.2) is 0 Å². The highest BCUT2D eigenvalue weighted by molar-refractivity contribution is 5.96. The molecule has 1 aromatic carbocycles. The summed E-state index contributed by atoms with van der Waals surface area (Å²) in [6.45, 7) is 5.60. The first-order valence-corrected chi connectivity index (χ1v) is 12.3. The molecule has 1 unspecified atom stereocenters. The fourth-order valence-corrected chi connectivity index (χ4v) is 8.23. The molecule has 178 valence electrons. The van der Waals surface area contributed by atoms with Crippen molar-refractivity contribution in [2.24, 2.45) is 22.7 Å². The number of hydrogen-bond donors (Lipinski definition) is 3. The van der Waals surface area contributed by atoms with Crippen molar-refractivity contribution in [3.63, 3.8) is 0 Å². The van der Waals surface area contributed by atoms with Crippen LogP contribution in [0.1, 0.15) is 75.6 Å². The summed E-state index contributed by atoms with van der Waals surface area (Å²) >= 11 is 0. The number of nitrogens with zero attached hydrogens (tertiary/aromatic N) is 1. The molecule has 33 heavy (non-hydrogen) atoms. The number of carboxylic acids is 1. The number of aliphatic carboxylic acids is 1. The van der Waals surface area contributed by atoms with Gasteiger partial charge in [0.25, 0.3) is 5.91 Å². The van der Waals surface area contributed by atoms with Gasteiger partial charge in [0.2, 0.25) is 0 Å². The summed E-state index contributed by atoms with van der Waals surface area (Å²) in [6, 6.07) is 6.72. The third-order valence-corrected chi connectivity index (χ3v) is 8.45. The van der Waals surface area contributed by atoms with Gasteiger partial charge < -0.3 is 20.6 Å². The van der Waals surface area contributed by atoms with Crippen LogP contribution in [0, 0.1) is 22.7 Å². The molecule has 3 atom stereocenters. The van der Waals surface area contributed by atoms with Crippen molar-refractivity contribution < 1.29 is 19.5 Å². The minimum absolute atomic E-state index is 0.113. The zero-order valence-electron chi connectivity index (χ0n) is 19.7. The highest BCUT2D eigenvalue weighted by Crippen LogP contribution is 2.66. The van der Waals surface area contributed by atoms with E-state index < -0.39 is 11.9 Å². The van der Waals surface area contributed by atoms with Crippen molar-refractivity contribution in [2.75, 3.05) is 18.4 Å². The van der Waals surface area contributed by atoms with Crippen molar-refractivity contribution in [2.45, 2.75) is 70.8 Å². The van der Waals surface area contributed by atoms with Crippen LogP contribution in [0.2, 0.25) is 0 Å². The zero-order chi connectivity index (χ0) is 23.4. The number of carboxylic acid groups (broad SMARTS) is 1. The Labute approximate surface area is 195 Å². The van der Waals surface area contributed by atoms with Crippen molar-refractivity contribution in [1.82, 2.24) is 10.2 Å². The van der Waals surface area contributed by atoms with Crippen LogP contribution in [-0.4, -0.2) is 46.5 Å². The van der Waals surface area contributed by atoms with Crippen molar-refractivity contribution in [3.8, 4) is 0 Å². The molecule has 7 nitrogen and oxygen atoms in total. The van der Waals surface area contributed by atoms with Crippen LogP contribution in [0.15, 0.2) is 24.3 Å². The molecule has 5 aliphatic rings. The highest BCUT2D eigenvalue weighted by atomic mass is 16.4. The van der Waals surface area contributed by atoms with E-state index >= 15 is 0 Å². The van der Waals surface area contributed by atoms with Gasteiger partial charge in [-0.25, -0.2) is 4.79 Å². The number of carbonyl (C=O) groups is 3. The van der Waals surface area contributed by atoms with Gasteiger partial charge in [-0.2, -0.15) is 0 Å². The number of amides is 3. The number of carbonyl (C=O) groups excluding carboxylic acids is 2. The largest absolute Gasteiger partial charge is 0.481 e. The van der Waals surface area contributed by atoms with Crippen LogP contribution in [0.3, 0.4) is 0 Å². The second-order valence-corrected chi connectivity index (χ2v) is 12.0. The number of nitrogens with one attached hydrogen (secondary N) is 2. The molecule has 7 heteroatoms. The average molecular weight is 454 g/mol. The normalized spacial score (nSPS) is 37.0. The molecular weight excluding hydrogens is 418 g/mol. The lowest BCUT2D eigenvalue weighted by atomic mass is 9.43. The predicted octanol–water partition coefficient (Wildman–Crippen LogP) is 4.49. The smallest absolute Gasteiger partial charge is 0.319 e. The van der Waals surface area contributed by atoms with E-state index in [1.54, 1.807) is 29.2 Å². The predicted molar refractivity (Wildman–Crippen MR) is 125 cm³/mol. The standard InChI is InChI=1S/C26H35N3O4/c1-24-10-17-11-25(2,14-24)16-26(12-17,15-24)28-23(33)27-20-7-5-18(6-8-20)21(30)29-9-3-4-19(13-29)22(31)32/h5-8,17,19H,3-4,9-16H2,1-2H3,(H,31,32)(H2,27,28,33)/t17?,19?,24-,25-,26?/m0/s1. The van der Waals surface area contributed by atoms with Gasteiger partial charge in [-0.1, -0.05) is 13.8 Å². The maximum Gasteiger partial charge on any atom is 0.319 e. The van der Waals surface area contributed by atoms with Gasteiger partial charge in [-0.15, -0.1) is 0 Å². The topological polar surface area (TPSA) is 98.7 Å². The fraction of sp³-hybridized carbons (Fsp3) is 0.654. The number of rotatable bonds is 4. The SMILES string of the molecule is C[C@@]12CC3CC(NC(=O)Nc4ccc(C(=O)N5CCCC(C(=O)O)C5)cc4)(C1)C[C@@](C)(C3)C2. The summed E-state index contributed by atoms with van der Waals surface area (Å²) < 4.78 is 0. The third kappa shape index (κ3) is 4.34. The van der Waals surface area contributed by atoms with Gasteiger partial charge in [-0.05, 0) is 92.4 Å². The summed E-state index contributed by atoms with van der Waals surface area (Å²) in [5.74, 6) is -0.800. The van der Waals surface area contributed by atoms with Gasteiger partial charge in [0.1, 0.15) is 0 Å². The van der Waals surface area contributed by atoms with Gasteiger partial charge >= 0.3 is 12.0 Å². The van der Waals surface area contributed by atoms with Gasteiger partial charge in [0, 0.05) is 29.9 Å². The van der Waals surface area contributed by atoms with Crippen molar-refractivity contribution in [1.29, 1.82) is 0 Å². The van der Waals surface area contributed by atoms with Crippen LogP contribution in [0.4, 0.5) is 10.5 Å². The second-order valence-electron chi connectivity index (χ2n) is 12.0. The van der Waals surface area contributed by atoms with Crippen molar-refractivity contribution >= 4 is 23.6 Å². The van der Waals surface area contributed by atoms with E-state index in [4.69, 9.17) is 0 Å². The Morgan fingerprint density at radius 3 is 2.27 bits per heavy atom. The maximum atomic E-state index is 12.9. The Hall–Kier alpha value is -2.57.